The lowest BCUT2D eigenvalue weighted by Gasteiger charge is -2.59. The highest BCUT2D eigenvalue weighted by Gasteiger charge is 2.55. The number of ether oxygens (including phenoxy) is 1. The fourth-order valence-corrected chi connectivity index (χ4v) is 4.04. The van der Waals surface area contributed by atoms with Gasteiger partial charge in [0.05, 0.1) is 15.4 Å². The van der Waals surface area contributed by atoms with Gasteiger partial charge in [0.1, 0.15) is 6.10 Å². The number of rotatable bonds is 4. The van der Waals surface area contributed by atoms with Crippen LogP contribution in [0.5, 0.6) is 0 Å². The number of nitro benzene ring substituents is 2. The number of hydrogen-bond acceptors (Lipinski definition) is 6. The highest BCUT2D eigenvalue weighted by atomic mass is 16.6. The van der Waals surface area contributed by atoms with Gasteiger partial charge in [0.25, 0.3) is 0 Å². The summed E-state index contributed by atoms with van der Waals surface area (Å²) < 4.78 is 5.57. The van der Waals surface area contributed by atoms with E-state index in [1.54, 1.807) is 0 Å². The minimum atomic E-state index is -0.866. The summed E-state index contributed by atoms with van der Waals surface area (Å²) in [6.07, 6.45) is 2.62. The van der Waals surface area contributed by atoms with Gasteiger partial charge in [0, 0.05) is 18.1 Å². The summed E-state index contributed by atoms with van der Waals surface area (Å²) >= 11 is 0. The molecule has 3 saturated carbocycles. The molecule has 3 atom stereocenters. The third kappa shape index (κ3) is 2.51. The van der Waals surface area contributed by atoms with E-state index in [1.807, 2.05) is 0 Å². The second kappa shape index (κ2) is 5.54. The number of carbonyl (C=O) groups is 1. The van der Waals surface area contributed by atoms with Gasteiger partial charge < -0.3 is 4.74 Å². The molecule has 0 aromatic heterocycles. The van der Waals surface area contributed by atoms with E-state index in [-0.39, 0.29) is 17.1 Å². The molecule has 8 nitrogen and oxygen atoms in total. The van der Waals surface area contributed by atoms with Crippen LogP contribution < -0.4 is 0 Å². The summed E-state index contributed by atoms with van der Waals surface area (Å²) in [5, 5.41) is 21.8. The first-order valence-corrected chi connectivity index (χ1v) is 7.85. The minimum Gasteiger partial charge on any atom is -0.458 e. The average Bonchev–Trinajstić information content (AvgIpc) is 2.53. The van der Waals surface area contributed by atoms with Gasteiger partial charge in [-0.05, 0) is 36.7 Å². The fourth-order valence-electron chi connectivity index (χ4n) is 4.04. The Labute approximate surface area is 138 Å². The van der Waals surface area contributed by atoms with Crippen LogP contribution in [0.4, 0.5) is 11.4 Å². The zero-order valence-corrected chi connectivity index (χ0v) is 13.4. The maximum absolute atomic E-state index is 12.3. The van der Waals surface area contributed by atoms with Crippen LogP contribution in [0, 0.1) is 37.5 Å². The molecule has 0 unspecified atom stereocenters. The van der Waals surface area contributed by atoms with E-state index in [9.17, 15) is 25.0 Å². The molecule has 3 aliphatic carbocycles. The monoisotopic (exact) mass is 334 g/mol. The van der Waals surface area contributed by atoms with Crippen LogP contribution in [0.15, 0.2) is 18.2 Å². The first kappa shape index (κ1) is 16.4. The number of nitro groups is 2. The Morgan fingerprint density at radius 2 is 1.83 bits per heavy atom. The largest absolute Gasteiger partial charge is 0.458 e. The molecule has 0 radical (unpaired) electrons. The average molecular weight is 334 g/mol. The summed E-state index contributed by atoms with van der Waals surface area (Å²) in [6, 6.07) is 3.09. The summed E-state index contributed by atoms with van der Waals surface area (Å²) in [4.78, 5) is 32.4. The van der Waals surface area contributed by atoms with Gasteiger partial charge in [0.2, 0.25) is 0 Å². The van der Waals surface area contributed by atoms with Crippen LogP contribution in [0.25, 0.3) is 0 Å². The second-order valence-corrected chi connectivity index (χ2v) is 7.10. The quantitative estimate of drug-likeness (QED) is 0.473. The maximum Gasteiger partial charge on any atom is 0.346 e. The van der Waals surface area contributed by atoms with Crippen LogP contribution in [0.2, 0.25) is 0 Å². The van der Waals surface area contributed by atoms with E-state index >= 15 is 0 Å². The highest BCUT2D eigenvalue weighted by molar-refractivity contribution is 5.91. The Balaban J connectivity index is 1.79. The molecular weight excluding hydrogens is 316 g/mol. The zero-order valence-electron chi connectivity index (χ0n) is 13.4. The lowest BCUT2D eigenvalue weighted by molar-refractivity contribution is -0.422. The number of benzene rings is 1. The van der Waals surface area contributed by atoms with Crippen molar-refractivity contribution in [3.8, 4) is 0 Å². The number of fused-ring (bicyclic) bond motifs is 2. The van der Waals surface area contributed by atoms with Crippen molar-refractivity contribution in [1.29, 1.82) is 0 Å². The van der Waals surface area contributed by atoms with E-state index in [0.717, 1.165) is 31.4 Å². The van der Waals surface area contributed by atoms with Crippen molar-refractivity contribution in [2.24, 2.45) is 17.3 Å². The summed E-state index contributed by atoms with van der Waals surface area (Å²) in [6.45, 7) is 4.34. The minimum absolute atomic E-state index is 0.0356. The van der Waals surface area contributed by atoms with Crippen molar-refractivity contribution in [2.45, 2.75) is 39.2 Å². The third-order valence-corrected chi connectivity index (χ3v) is 5.66. The van der Waals surface area contributed by atoms with Crippen LogP contribution >= 0.6 is 0 Å². The molecule has 128 valence electrons. The molecule has 0 N–H and O–H groups in total. The van der Waals surface area contributed by atoms with Gasteiger partial charge >= 0.3 is 17.3 Å². The lowest BCUT2D eigenvalue weighted by Crippen LogP contribution is -2.55. The molecule has 3 aliphatic rings. The molecule has 1 aromatic carbocycles. The first-order chi connectivity index (χ1) is 11.2. The fraction of sp³-hybridized carbons (Fsp3) is 0.562. The zero-order chi connectivity index (χ0) is 17.6. The SMILES string of the molecule is CC1(C)[C@H]2CC[C@H](OC(=O)c3ccc([N+](=O)[O-])c([N+](=O)[O-])c3)[C@@H]1C2. The molecule has 1 aromatic rings. The van der Waals surface area contributed by atoms with Gasteiger partial charge in [-0.15, -0.1) is 0 Å². The normalized spacial score (nSPS) is 27.0. The van der Waals surface area contributed by atoms with Gasteiger partial charge in [-0.1, -0.05) is 13.8 Å². The number of esters is 1. The molecule has 0 heterocycles. The van der Waals surface area contributed by atoms with E-state index in [4.69, 9.17) is 4.74 Å². The standard InChI is InChI=1S/C16H18N2O6/c1-16(2)10-4-6-14(11(16)8-10)24-15(19)9-3-5-12(17(20)21)13(7-9)18(22)23/h3,5,7,10-11,14H,4,6,8H2,1-2H3/t10-,11-,14-/m0/s1. The third-order valence-electron chi connectivity index (χ3n) is 5.66. The number of carbonyl (C=O) groups excluding carboxylic acids is 1. The first-order valence-electron chi connectivity index (χ1n) is 7.85. The molecule has 0 amide bonds. The summed E-state index contributed by atoms with van der Waals surface area (Å²) in [7, 11) is 0. The van der Waals surface area contributed by atoms with Crippen LogP contribution in [-0.4, -0.2) is 21.9 Å². The van der Waals surface area contributed by atoms with E-state index in [1.165, 1.54) is 6.07 Å². The van der Waals surface area contributed by atoms with Crippen molar-refractivity contribution in [2.75, 3.05) is 0 Å². The van der Waals surface area contributed by atoms with Crippen molar-refractivity contribution in [1.82, 2.24) is 0 Å². The van der Waals surface area contributed by atoms with Gasteiger partial charge in [-0.3, -0.25) is 20.2 Å². The van der Waals surface area contributed by atoms with Gasteiger partial charge in [-0.25, -0.2) is 4.79 Å². The Kier molecular flexibility index (Phi) is 3.77. The van der Waals surface area contributed by atoms with Crippen molar-refractivity contribution < 1.29 is 19.4 Å². The van der Waals surface area contributed by atoms with Gasteiger partial charge in [0.15, 0.2) is 0 Å². The predicted molar refractivity (Wildman–Crippen MR) is 83.6 cm³/mol. The molecule has 24 heavy (non-hydrogen) atoms. The van der Waals surface area contributed by atoms with Crippen LogP contribution in [-0.2, 0) is 4.74 Å². The second-order valence-electron chi connectivity index (χ2n) is 7.10. The molecular formula is C16H18N2O6. The lowest BCUT2D eigenvalue weighted by atomic mass is 9.48. The molecule has 0 aliphatic heterocycles. The Bertz CT molecular complexity index is 727. The van der Waals surface area contributed by atoms with Crippen molar-refractivity contribution in [3.63, 3.8) is 0 Å². The van der Waals surface area contributed by atoms with Crippen molar-refractivity contribution >= 4 is 17.3 Å². The Morgan fingerprint density at radius 1 is 1.17 bits per heavy atom. The highest BCUT2D eigenvalue weighted by Crippen LogP contribution is 2.59. The Hall–Kier alpha value is -2.51. The van der Waals surface area contributed by atoms with E-state index in [0.29, 0.717) is 11.8 Å². The number of hydrogen-bond donors (Lipinski definition) is 0. The summed E-state index contributed by atoms with van der Waals surface area (Å²) in [5.41, 5.74) is -1.24. The molecule has 0 spiro atoms. The maximum atomic E-state index is 12.3. The topological polar surface area (TPSA) is 113 Å². The van der Waals surface area contributed by atoms with E-state index < -0.39 is 27.2 Å². The molecule has 8 heteroatoms. The molecule has 4 rings (SSSR count). The molecule has 2 bridgehead atoms. The predicted octanol–water partition coefficient (Wildman–Crippen LogP) is 3.48. The number of nitrogens with zero attached hydrogens (tertiary/aromatic N) is 2. The van der Waals surface area contributed by atoms with E-state index in [2.05, 4.69) is 13.8 Å². The smallest absolute Gasteiger partial charge is 0.346 e. The van der Waals surface area contributed by atoms with Crippen LogP contribution in [0.1, 0.15) is 43.5 Å². The molecule has 3 fully saturated rings. The van der Waals surface area contributed by atoms with Gasteiger partial charge in [-0.2, -0.15) is 0 Å². The van der Waals surface area contributed by atoms with Crippen LogP contribution in [0.3, 0.4) is 0 Å². The Morgan fingerprint density at radius 3 is 2.38 bits per heavy atom. The molecule has 0 saturated heterocycles. The van der Waals surface area contributed by atoms with Crippen molar-refractivity contribution in [3.05, 3.63) is 44.0 Å². The summed E-state index contributed by atoms with van der Waals surface area (Å²) in [5.74, 6) is 0.297.